The van der Waals surface area contributed by atoms with Crippen molar-refractivity contribution < 1.29 is 23.9 Å². The van der Waals surface area contributed by atoms with Gasteiger partial charge in [0.15, 0.2) is 16.6 Å². The molecule has 0 bridgehead atoms. The van der Waals surface area contributed by atoms with E-state index in [9.17, 15) is 14.9 Å². The van der Waals surface area contributed by atoms with Crippen molar-refractivity contribution >= 4 is 34.6 Å². The highest BCUT2D eigenvalue weighted by atomic mass is 32.1. The van der Waals surface area contributed by atoms with Gasteiger partial charge in [-0.3, -0.25) is 20.2 Å². The van der Waals surface area contributed by atoms with Crippen LogP contribution in [0.25, 0.3) is 0 Å². The van der Waals surface area contributed by atoms with Crippen molar-refractivity contribution in [3.63, 3.8) is 0 Å². The van der Waals surface area contributed by atoms with Crippen LogP contribution in [0.5, 0.6) is 17.2 Å². The Morgan fingerprint density at radius 3 is 2.43 bits per heavy atom. The molecule has 2 aromatic carbocycles. The van der Waals surface area contributed by atoms with Crippen LogP contribution in [0.1, 0.15) is 17.3 Å². The Balaban J connectivity index is 2.13. The molecule has 148 valence electrons. The lowest BCUT2D eigenvalue weighted by molar-refractivity contribution is -0.384. The molecule has 2 N–H and O–H groups in total. The zero-order chi connectivity index (χ0) is 20.7. The number of nitro groups is 1. The average Bonchev–Trinajstić information content (AvgIpc) is 2.68. The fourth-order valence-electron chi connectivity index (χ4n) is 2.31. The number of thiocarbonyl (C=S) groups is 1. The van der Waals surface area contributed by atoms with E-state index in [2.05, 4.69) is 10.6 Å². The molecule has 0 aromatic heterocycles. The number of hydrogen-bond acceptors (Lipinski definition) is 7. The molecule has 0 heterocycles. The summed E-state index contributed by atoms with van der Waals surface area (Å²) in [7, 11) is 2.96. The number of anilines is 1. The number of ether oxygens (including phenoxy) is 3. The predicted octanol–water partition coefficient (Wildman–Crippen LogP) is 3.14. The van der Waals surface area contributed by atoms with Gasteiger partial charge in [-0.25, -0.2) is 0 Å². The summed E-state index contributed by atoms with van der Waals surface area (Å²) in [6, 6.07) is 8.74. The summed E-state index contributed by atoms with van der Waals surface area (Å²) in [6.07, 6.45) is 0. The van der Waals surface area contributed by atoms with Gasteiger partial charge in [-0.1, -0.05) is 0 Å². The van der Waals surface area contributed by atoms with Crippen molar-refractivity contribution in [1.82, 2.24) is 5.32 Å². The average molecular weight is 405 g/mol. The van der Waals surface area contributed by atoms with Crippen molar-refractivity contribution in [1.29, 1.82) is 0 Å². The molecule has 0 unspecified atom stereocenters. The number of carbonyl (C=O) groups is 1. The third-order valence-electron chi connectivity index (χ3n) is 3.60. The van der Waals surface area contributed by atoms with E-state index in [1.165, 1.54) is 38.5 Å². The smallest absolute Gasteiger partial charge is 0.273 e. The van der Waals surface area contributed by atoms with Gasteiger partial charge in [-0.2, -0.15) is 0 Å². The van der Waals surface area contributed by atoms with Crippen molar-refractivity contribution in [2.45, 2.75) is 6.92 Å². The number of rotatable bonds is 7. The molecule has 2 rings (SSSR count). The van der Waals surface area contributed by atoms with Gasteiger partial charge in [0, 0.05) is 11.6 Å². The first-order chi connectivity index (χ1) is 13.4. The maximum absolute atomic E-state index is 12.4. The molecule has 0 aliphatic heterocycles. The summed E-state index contributed by atoms with van der Waals surface area (Å²) < 4.78 is 15.7. The molecule has 0 atom stereocenters. The van der Waals surface area contributed by atoms with Crippen molar-refractivity contribution in [2.75, 3.05) is 26.1 Å². The van der Waals surface area contributed by atoms with Gasteiger partial charge in [0.2, 0.25) is 0 Å². The number of nitrogens with one attached hydrogen (secondary N) is 2. The van der Waals surface area contributed by atoms with Crippen LogP contribution in [0, 0.1) is 10.1 Å². The van der Waals surface area contributed by atoms with Crippen LogP contribution in [-0.4, -0.2) is 36.8 Å². The molecule has 0 saturated heterocycles. The van der Waals surface area contributed by atoms with Crippen LogP contribution >= 0.6 is 12.2 Å². The van der Waals surface area contributed by atoms with Crippen LogP contribution in [-0.2, 0) is 0 Å². The molecule has 0 saturated carbocycles. The standard InChI is InChI=1S/C18H19N3O6S/c1-4-27-15-10-12(21(23)24)6-7-13(15)19-18(28)20-17(22)11-5-8-14(25-2)16(9-11)26-3/h5-10H,4H2,1-3H3,(H2,19,20,22,28). The molecule has 2 aromatic rings. The highest BCUT2D eigenvalue weighted by molar-refractivity contribution is 7.80. The lowest BCUT2D eigenvalue weighted by Gasteiger charge is -2.14. The maximum atomic E-state index is 12.4. The Bertz CT molecular complexity index is 903. The number of nitro benzene ring substituents is 1. The topological polar surface area (TPSA) is 112 Å². The summed E-state index contributed by atoms with van der Waals surface area (Å²) in [5.74, 6) is 0.688. The molecule has 0 fully saturated rings. The van der Waals surface area contributed by atoms with E-state index in [0.29, 0.717) is 29.4 Å². The number of benzene rings is 2. The largest absolute Gasteiger partial charge is 0.493 e. The third-order valence-corrected chi connectivity index (χ3v) is 3.80. The van der Waals surface area contributed by atoms with Gasteiger partial charge < -0.3 is 19.5 Å². The van der Waals surface area contributed by atoms with Crippen molar-refractivity contribution in [3.8, 4) is 17.2 Å². The Hall–Kier alpha value is -3.40. The van der Waals surface area contributed by atoms with Gasteiger partial charge >= 0.3 is 0 Å². The van der Waals surface area contributed by atoms with Gasteiger partial charge in [0.25, 0.3) is 11.6 Å². The molecule has 0 radical (unpaired) electrons. The monoisotopic (exact) mass is 405 g/mol. The number of methoxy groups -OCH3 is 2. The number of amides is 1. The molecule has 0 aliphatic carbocycles. The normalized spacial score (nSPS) is 9.96. The molecular weight excluding hydrogens is 386 g/mol. The number of carbonyl (C=O) groups excluding carboxylic acids is 1. The molecule has 1 amide bonds. The second-order valence-electron chi connectivity index (χ2n) is 5.35. The van der Waals surface area contributed by atoms with Crippen LogP contribution < -0.4 is 24.8 Å². The zero-order valence-corrected chi connectivity index (χ0v) is 16.3. The first-order valence-corrected chi connectivity index (χ1v) is 8.56. The van der Waals surface area contributed by atoms with E-state index in [1.807, 2.05) is 0 Å². The van der Waals surface area contributed by atoms with E-state index >= 15 is 0 Å². The highest BCUT2D eigenvalue weighted by Gasteiger charge is 2.15. The minimum atomic E-state index is -0.524. The Morgan fingerprint density at radius 1 is 1.11 bits per heavy atom. The van der Waals surface area contributed by atoms with E-state index in [-0.39, 0.29) is 16.5 Å². The van der Waals surface area contributed by atoms with Crippen molar-refractivity contribution in [3.05, 3.63) is 52.1 Å². The fourth-order valence-corrected chi connectivity index (χ4v) is 2.51. The van der Waals surface area contributed by atoms with Crippen LogP contribution in [0.15, 0.2) is 36.4 Å². The quantitative estimate of drug-likeness (QED) is 0.410. The zero-order valence-electron chi connectivity index (χ0n) is 15.5. The first kappa shape index (κ1) is 20.9. The minimum absolute atomic E-state index is 0.00888. The van der Waals surface area contributed by atoms with E-state index in [4.69, 9.17) is 26.4 Å². The number of non-ortho nitro benzene ring substituents is 1. The third kappa shape index (κ3) is 5.07. The van der Waals surface area contributed by atoms with Gasteiger partial charge in [-0.05, 0) is 43.4 Å². The van der Waals surface area contributed by atoms with Gasteiger partial charge in [-0.15, -0.1) is 0 Å². The predicted molar refractivity (Wildman–Crippen MR) is 107 cm³/mol. The van der Waals surface area contributed by atoms with Crippen LogP contribution in [0.4, 0.5) is 11.4 Å². The van der Waals surface area contributed by atoms with Gasteiger partial charge in [0.05, 0.1) is 37.5 Å². The lowest BCUT2D eigenvalue weighted by atomic mass is 10.2. The molecule has 9 nitrogen and oxygen atoms in total. The Kier molecular flexibility index (Phi) is 7.10. The second kappa shape index (κ2) is 9.51. The van der Waals surface area contributed by atoms with E-state index in [0.717, 1.165) is 0 Å². The first-order valence-electron chi connectivity index (χ1n) is 8.15. The van der Waals surface area contributed by atoms with E-state index < -0.39 is 10.8 Å². The molecular formula is C18H19N3O6S. The molecule has 0 aliphatic rings. The SMILES string of the molecule is CCOc1cc([N+](=O)[O-])ccc1NC(=S)NC(=O)c1ccc(OC)c(OC)c1. The van der Waals surface area contributed by atoms with Gasteiger partial charge in [0.1, 0.15) is 5.75 Å². The molecule has 28 heavy (non-hydrogen) atoms. The fraction of sp³-hybridized carbons (Fsp3) is 0.222. The van der Waals surface area contributed by atoms with E-state index in [1.54, 1.807) is 19.1 Å². The second-order valence-corrected chi connectivity index (χ2v) is 5.76. The van der Waals surface area contributed by atoms with Crippen LogP contribution in [0.2, 0.25) is 0 Å². The maximum Gasteiger partial charge on any atom is 0.273 e. The highest BCUT2D eigenvalue weighted by Crippen LogP contribution is 2.30. The summed E-state index contributed by atoms with van der Waals surface area (Å²) in [5.41, 5.74) is 0.592. The summed E-state index contributed by atoms with van der Waals surface area (Å²) in [4.78, 5) is 22.8. The van der Waals surface area contributed by atoms with Crippen LogP contribution in [0.3, 0.4) is 0 Å². The Morgan fingerprint density at radius 2 is 1.82 bits per heavy atom. The summed E-state index contributed by atoms with van der Waals surface area (Å²) in [6.45, 7) is 2.06. The number of nitrogens with zero attached hydrogens (tertiary/aromatic N) is 1. The van der Waals surface area contributed by atoms with Crippen molar-refractivity contribution in [2.24, 2.45) is 0 Å². The summed E-state index contributed by atoms with van der Waals surface area (Å²) in [5, 5.41) is 16.3. The minimum Gasteiger partial charge on any atom is -0.493 e. The Labute approximate surface area is 166 Å². The number of hydrogen-bond donors (Lipinski definition) is 2. The summed E-state index contributed by atoms with van der Waals surface area (Å²) >= 11 is 5.16. The molecule has 10 heteroatoms. The molecule has 0 spiro atoms. The lowest BCUT2D eigenvalue weighted by Crippen LogP contribution is -2.34.